The zero-order valence-electron chi connectivity index (χ0n) is 15.6. The van der Waals surface area contributed by atoms with E-state index >= 15 is 0 Å². The van der Waals surface area contributed by atoms with E-state index in [-0.39, 0.29) is 13.0 Å². The second-order valence-corrected chi connectivity index (χ2v) is 6.45. The lowest BCUT2D eigenvalue weighted by atomic mass is 9.98. The van der Waals surface area contributed by atoms with Crippen molar-refractivity contribution in [2.75, 3.05) is 11.9 Å². The van der Waals surface area contributed by atoms with Crippen LogP contribution in [0.1, 0.15) is 18.1 Å². The summed E-state index contributed by atoms with van der Waals surface area (Å²) < 4.78 is 10.7. The van der Waals surface area contributed by atoms with Gasteiger partial charge in [0.25, 0.3) is 0 Å². The van der Waals surface area contributed by atoms with Gasteiger partial charge in [0.15, 0.2) is 5.92 Å². The van der Waals surface area contributed by atoms with E-state index in [1.54, 1.807) is 49.4 Å². The summed E-state index contributed by atoms with van der Waals surface area (Å²) in [4.78, 5) is 34.3. The minimum atomic E-state index is -1.57. The van der Waals surface area contributed by atoms with E-state index in [1.807, 2.05) is 0 Å². The van der Waals surface area contributed by atoms with E-state index in [4.69, 9.17) is 31.3 Å². The monoisotopic (exact) mass is 421 g/mol. The van der Waals surface area contributed by atoms with Crippen molar-refractivity contribution >= 4 is 35.3 Å². The van der Waals surface area contributed by atoms with Crippen LogP contribution in [-0.4, -0.2) is 34.9 Å². The summed E-state index contributed by atoms with van der Waals surface area (Å²) in [5, 5.41) is 21.2. The van der Waals surface area contributed by atoms with Gasteiger partial charge in [-0.25, -0.2) is 4.79 Å². The fourth-order valence-electron chi connectivity index (χ4n) is 2.52. The number of aliphatic carboxylic acids is 2. The van der Waals surface area contributed by atoms with Crippen LogP contribution in [0.2, 0.25) is 5.02 Å². The number of carboxylic acid groups (broad SMARTS) is 2. The van der Waals surface area contributed by atoms with Crippen LogP contribution in [0.25, 0.3) is 0 Å². The number of hydrogen-bond acceptors (Lipinski definition) is 5. The number of amides is 1. The molecule has 0 aromatic heterocycles. The number of halogens is 1. The molecule has 0 fully saturated rings. The summed E-state index contributed by atoms with van der Waals surface area (Å²) in [5.41, 5.74) is 1.47. The Morgan fingerprint density at radius 3 is 2.31 bits per heavy atom. The Morgan fingerprint density at radius 1 is 1.07 bits per heavy atom. The van der Waals surface area contributed by atoms with Crippen molar-refractivity contribution < 1.29 is 34.1 Å². The third kappa shape index (κ3) is 6.69. The highest BCUT2D eigenvalue weighted by Gasteiger charge is 2.26. The molecule has 0 aliphatic heterocycles. The molecule has 2 aromatic rings. The van der Waals surface area contributed by atoms with E-state index in [0.717, 1.165) is 0 Å². The Balaban J connectivity index is 2.10. The van der Waals surface area contributed by atoms with Crippen molar-refractivity contribution in [1.82, 2.24) is 0 Å². The van der Waals surface area contributed by atoms with Gasteiger partial charge in [-0.05, 0) is 55.3 Å². The molecule has 0 heterocycles. The maximum Gasteiger partial charge on any atom is 0.411 e. The van der Waals surface area contributed by atoms with Crippen molar-refractivity contribution in [3.63, 3.8) is 0 Å². The summed E-state index contributed by atoms with van der Waals surface area (Å²) in [6.07, 6.45) is -0.907. The molecule has 0 aliphatic rings. The first-order valence-corrected chi connectivity index (χ1v) is 9.07. The van der Waals surface area contributed by atoms with E-state index in [9.17, 15) is 14.4 Å². The Labute approximate surface area is 172 Å². The lowest BCUT2D eigenvalue weighted by molar-refractivity contribution is -0.154. The fourth-order valence-corrected chi connectivity index (χ4v) is 2.64. The van der Waals surface area contributed by atoms with Gasteiger partial charge in [-0.2, -0.15) is 0 Å². The molecule has 1 amide bonds. The quantitative estimate of drug-likeness (QED) is 0.526. The first-order chi connectivity index (χ1) is 13.8. The van der Waals surface area contributed by atoms with Crippen LogP contribution in [0.3, 0.4) is 0 Å². The molecule has 0 saturated carbocycles. The summed E-state index contributed by atoms with van der Waals surface area (Å²) in [7, 11) is 0. The highest BCUT2D eigenvalue weighted by molar-refractivity contribution is 6.30. The number of anilines is 1. The van der Waals surface area contributed by atoms with Gasteiger partial charge in [0.05, 0.1) is 6.61 Å². The molecule has 0 unspecified atom stereocenters. The van der Waals surface area contributed by atoms with E-state index in [1.165, 1.54) is 0 Å². The molecule has 8 nitrogen and oxygen atoms in total. The molecular formula is C20H20ClNO7. The topological polar surface area (TPSA) is 122 Å². The van der Waals surface area contributed by atoms with Gasteiger partial charge in [-0.1, -0.05) is 17.7 Å². The van der Waals surface area contributed by atoms with Crippen molar-refractivity contribution in [2.45, 2.75) is 20.0 Å². The summed E-state index contributed by atoms with van der Waals surface area (Å²) >= 11 is 5.80. The maximum atomic E-state index is 12.0. The highest BCUT2D eigenvalue weighted by atomic mass is 35.5. The van der Waals surface area contributed by atoms with Crippen LogP contribution in [0.4, 0.5) is 10.5 Å². The normalized spacial score (nSPS) is 10.4. The van der Waals surface area contributed by atoms with Crippen LogP contribution in [0.5, 0.6) is 5.75 Å². The third-order valence-corrected chi connectivity index (χ3v) is 4.16. The average Bonchev–Trinajstić information content (AvgIpc) is 2.67. The van der Waals surface area contributed by atoms with Crippen LogP contribution in [-0.2, 0) is 27.4 Å². The standard InChI is InChI=1S/C20H20ClNO7/c1-2-28-17-8-3-12(10-16(18(23)24)19(25)26)9-13(17)11-29-20(27)22-15-6-4-14(21)5-7-15/h3-9,16H,2,10-11H2,1H3,(H,22,27)(H,23,24)(H,25,26). The van der Waals surface area contributed by atoms with E-state index in [0.29, 0.717) is 34.2 Å². The fraction of sp³-hybridized carbons (Fsp3) is 0.250. The molecule has 2 aromatic carbocycles. The maximum absolute atomic E-state index is 12.0. The van der Waals surface area contributed by atoms with Crippen LogP contribution >= 0.6 is 11.6 Å². The second-order valence-electron chi connectivity index (χ2n) is 6.02. The number of hydrogen-bond donors (Lipinski definition) is 3. The predicted molar refractivity (Wildman–Crippen MR) is 105 cm³/mol. The summed E-state index contributed by atoms with van der Waals surface area (Å²) in [6, 6.07) is 11.2. The van der Waals surface area contributed by atoms with Crippen molar-refractivity contribution in [3.8, 4) is 5.75 Å². The molecule has 0 aliphatic carbocycles. The Hall–Kier alpha value is -3.26. The molecule has 0 bridgehead atoms. The molecule has 9 heteroatoms. The van der Waals surface area contributed by atoms with Crippen molar-refractivity contribution in [3.05, 3.63) is 58.6 Å². The Bertz CT molecular complexity index is 869. The molecule has 2 rings (SSSR count). The smallest absolute Gasteiger partial charge is 0.411 e. The van der Waals surface area contributed by atoms with Gasteiger partial charge in [0.2, 0.25) is 0 Å². The van der Waals surface area contributed by atoms with Gasteiger partial charge in [0.1, 0.15) is 12.4 Å². The lowest BCUT2D eigenvalue weighted by Gasteiger charge is -2.14. The third-order valence-electron chi connectivity index (χ3n) is 3.91. The van der Waals surface area contributed by atoms with Gasteiger partial charge in [-0.15, -0.1) is 0 Å². The Kier molecular flexibility index (Phi) is 7.85. The number of carbonyl (C=O) groups is 3. The Morgan fingerprint density at radius 2 is 1.72 bits per heavy atom. The largest absolute Gasteiger partial charge is 0.493 e. The molecule has 3 N–H and O–H groups in total. The summed E-state index contributed by atoms with van der Waals surface area (Å²) in [5.74, 6) is -3.97. The van der Waals surface area contributed by atoms with Crippen LogP contribution in [0.15, 0.2) is 42.5 Å². The predicted octanol–water partition coefficient (Wildman–Crippen LogP) is 3.82. The van der Waals surface area contributed by atoms with Crippen LogP contribution in [0, 0.1) is 5.92 Å². The number of nitrogens with one attached hydrogen (secondary N) is 1. The number of carbonyl (C=O) groups excluding carboxylic acids is 1. The van der Waals surface area contributed by atoms with Crippen LogP contribution < -0.4 is 10.1 Å². The number of rotatable bonds is 9. The SMILES string of the molecule is CCOc1ccc(CC(C(=O)O)C(=O)O)cc1COC(=O)Nc1ccc(Cl)cc1. The number of benzene rings is 2. The molecular weight excluding hydrogens is 402 g/mol. The molecule has 0 spiro atoms. The number of carboxylic acids is 2. The van der Waals surface area contributed by atoms with Crippen molar-refractivity contribution in [1.29, 1.82) is 0 Å². The number of ether oxygens (including phenoxy) is 2. The zero-order valence-corrected chi connectivity index (χ0v) is 16.3. The first-order valence-electron chi connectivity index (χ1n) is 8.69. The molecule has 0 saturated heterocycles. The highest BCUT2D eigenvalue weighted by Crippen LogP contribution is 2.23. The van der Waals surface area contributed by atoms with E-state index in [2.05, 4.69) is 5.32 Å². The summed E-state index contributed by atoms with van der Waals surface area (Å²) in [6.45, 7) is 2.01. The zero-order chi connectivity index (χ0) is 21.4. The molecule has 154 valence electrons. The first kappa shape index (κ1) is 22.0. The molecule has 29 heavy (non-hydrogen) atoms. The van der Waals surface area contributed by atoms with Gasteiger partial charge in [0, 0.05) is 16.3 Å². The minimum absolute atomic E-state index is 0.145. The molecule has 0 radical (unpaired) electrons. The molecule has 0 atom stereocenters. The van der Waals surface area contributed by atoms with Gasteiger partial charge in [-0.3, -0.25) is 14.9 Å². The van der Waals surface area contributed by atoms with E-state index < -0.39 is 23.9 Å². The van der Waals surface area contributed by atoms with Crippen molar-refractivity contribution in [2.24, 2.45) is 5.92 Å². The lowest BCUT2D eigenvalue weighted by Crippen LogP contribution is -2.25. The minimum Gasteiger partial charge on any atom is -0.493 e. The second kappa shape index (κ2) is 10.3. The average molecular weight is 422 g/mol. The van der Waals surface area contributed by atoms with Gasteiger partial charge < -0.3 is 19.7 Å². The van der Waals surface area contributed by atoms with Gasteiger partial charge >= 0.3 is 18.0 Å².